The van der Waals surface area contributed by atoms with Gasteiger partial charge in [0, 0.05) is 18.0 Å². The van der Waals surface area contributed by atoms with Crippen LogP contribution in [0.5, 0.6) is 5.75 Å². The Bertz CT molecular complexity index is 1130. The SMILES string of the molecule is CCCOc1ccc(/C=C/C(=O)Nc2ccc(S(=O)(=O)Nc3ccccn3)cc2)cc1. The van der Waals surface area contributed by atoms with Crippen LogP contribution in [-0.2, 0) is 14.8 Å². The minimum Gasteiger partial charge on any atom is -0.494 e. The number of carbonyl (C=O) groups excluding carboxylic acids is 1. The van der Waals surface area contributed by atoms with Gasteiger partial charge < -0.3 is 10.1 Å². The van der Waals surface area contributed by atoms with E-state index < -0.39 is 10.0 Å². The number of aromatic nitrogens is 1. The summed E-state index contributed by atoms with van der Waals surface area (Å²) in [5.41, 5.74) is 1.34. The molecule has 0 aliphatic rings. The van der Waals surface area contributed by atoms with E-state index in [1.165, 1.54) is 36.5 Å². The summed E-state index contributed by atoms with van der Waals surface area (Å²) in [6.07, 6.45) is 5.54. The van der Waals surface area contributed by atoms with Gasteiger partial charge in [-0.1, -0.05) is 25.1 Å². The first-order valence-electron chi connectivity index (χ1n) is 9.72. The second-order valence-corrected chi connectivity index (χ2v) is 8.27. The van der Waals surface area contributed by atoms with E-state index in [1.54, 1.807) is 24.3 Å². The van der Waals surface area contributed by atoms with Gasteiger partial charge in [-0.3, -0.25) is 9.52 Å². The van der Waals surface area contributed by atoms with E-state index in [0.717, 1.165) is 17.7 Å². The van der Waals surface area contributed by atoms with Gasteiger partial charge in [0.15, 0.2) is 0 Å². The first kappa shape index (κ1) is 22.0. The van der Waals surface area contributed by atoms with Crippen molar-refractivity contribution in [3.63, 3.8) is 0 Å². The maximum Gasteiger partial charge on any atom is 0.263 e. The largest absolute Gasteiger partial charge is 0.494 e. The van der Waals surface area contributed by atoms with Crippen molar-refractivity contribution in [1.29, 1.82) is 0 Å². The highest BCUT2D eigenvalue weighted by Gasteiger charge is 2.14. The van der Waals surface area contributed by atoms with E-state index in [9.17, 15) is 13.2 Å². The highest BCUT2D eigenvalue weighted by Crippen LogP contribution is 2.17. The lowest BCUT2D eigenvalue weighted by atomic mass is 10.2. The van der Waals surface area contributed by atoms with Crippen molar-refractivity contribution < 1.29 is 17.9 Å². The molecule has 0 fully saturated rings. The molecule has 0 atom stereocenters. The smallest absolute Gasteiger partial charge is 0.263 e. The fraction of sp³-hybridized carbons (Fsp3) is 0.130. The number of carbonyl (C=O) groups is 1. The van der Waals surface area contributed by atoms with Crippen LogP contribution < -0.4 is 14.8 Å². The predicted octanol–water partition coefficient (Wildman–Crippen LogP) is 4.32. The van der Waals surface area contributed by atoms with Crippen LogP contribution in [-0.4, -0.2) is 25.9 Å². The van der Waals surface area contributed by atoms with Crippen LogP contribution in [0.15, 0.2) is 83.9 Å². The van der Waals surface area contributed by atoms with E-state index in [0.29, 0.717) is 12.3 Å². The Morgan fingerprint density at radius 1 is 1.03 bits per heavy atom. The van der Waals surface area contributed by atoms with Crippen LogP contribution in [0.4, 0.5) is 11.5 Å². The lowest BCUT2D eigenvalue weighted by Gasteiger charge is -2.08. The lowest BCUT2D eigenvalue weighted by molar-refractivity contribution is -0.111. The molecule has 0 saturated carbocycles. The molecule has 0 unspecified atom stereocenters. The van der Waals surface area contributed by atoms with Gasteiger partial charge in [0.2, 0.25) is 5.91 Å². The van der Waals surface area contributed by atoms with Crippen LogP contribution in [0.2, 0.25) is 0 Å². The first-order chi connectivity index (χ1) is 15.0. The van der Waals surface area contributed by atoms with Crippen LogP contribution >= 0.6 is 0 Å². The maximum absolute atomic E-state index is 12.4. The molecule has 160 valence electrons. The molecule has 1 amide bonds. The molecule has 3 aromatic rings. The van der Waals surface area contributed by atoms with Gasteiger partial charge in [-0.25, -0.2) is 13.4 Å². The molecule has 1 aromatic heterocycles. The summed E-state index contributed by atoms with van der Waals surface area (Å²) in [7, 11) is -3.76. The second kappa shape index (κ2) is 10.4. The Labute approximate surface area is 181 Å². The zero-order valence-electron chi connectivity index (χ0n) is 17.0. The quantitative estimate of drug-likeness (QED) is 0.486. The second-order valence-electron chi connectivity index (χ2n) is 6.58. The normalized spacial score (nSPS) is 11.3. The number of rotatable bonds is 9. The first-order valence-corrected chi connectivity index (χ1v) is 11.2. The fourth-order valence-corrected chi connectivity index (χ4v) is 3.60. The third kappa shape index (κ3) is 6.68. The van der Waals surface area contributed by atoms with Crippen LogP contribution in [0.25, 0.3) is 6.08 Å². The fourth-order valence-electron chi connectivity index (χ4n) is 2.59. The Morgan fingerprint density at radius 3 is 2.42 bits per heavy atom. The predicted molar refractivity (Wildman–Crippen MR) is 121 cm³/mol. The zero-order chi connectivity index (χ0) is 22.1. The molecule has 31 heavy (non-hydrogen) atoms. The molecule has 0 saturated heterocycles. The number of hydrogen-bond donors (Lipinski definition) is 2. The van der Waals surface area contributed by atoms with Gasteiger partial charge in [0.05, 0.1) is 11.5 Å². The van der Waals surface area contributed by atoms with Crippen molar-refractivity contribution in [2.45, 2.75) is 18.2 Å². The van der Waals surface area contributed by atoms with E-state index in [2.05, 4.69) is 15.0 Å². The number of sulfonamides is 1. The molecule has 2 aromatic carbocycles. The molecule has 2 N–H and O–H groups in total. The molecule has 8 heteroatoms. The molecule has 0 aliphatic heterocycles. The number of anilines is 2. The molecule has 0 radical (unpaired) electrons. The monoisotopic (exact) mass is 437 g/mol. The molecule has 0 bridgehead atoms. The topological polar surface area (TPSA) is 97.4 Å². The highest BCUT2D eigenvalue weighted by atomic mass is 32.2. The minimum absolute atomic E-state index is 0.0667. The number of hydrogen-bond acceptors (Lipinski definition) is 5. The van der Waals surface area contributed by atoms with E-state index in [1.807, 2.05) is 31.2 Å². The average Bonchev–Trinajstić information content (AvgIpc) is 2.78. The Balaban J connectivity index is 1.57. The van der Waals surface area contributed by atoms with Crippen molar-refractivity contribution in [2.24, 2.45) is 0 Å². The van der Waals surface area contributed by atoms with Gasteiger partial charge in [0.25, 0.3) is 10.0 Å². The molecular weight excluding hydrogens is 414 g/mol. The van der Waals surface area contributed by atoms with Crippen molar-refractivity contribution in [3.8, 4) is 5.75 Å². The van der Waals surface area contributed by atoms with Crippen LogP contribution in [0, 0.1) is 0 Å². The van der Waals surface area contributed by atoms with Crippen LogP contribution in [0.3, 0.4) is 0 Å². The Kier molecular flexibility index (Phi) is 7.40. The Hall–Kier alpha value is -3.65. The summed E-state index contributed by atoms with van der Waals surface area (Å²) < 4.78 is 32.8. The molecule has 7 nitrogen and oxygen atoms in total. The highest BCUT2D eigenvalue weighted by molar-refractivity contribution is 7.92. The number of pyridine rings is 1. The van der Waals surface area contributed by atoms with Crippen molar-refractivity contribution in [3.05, 3.63) is 84.6 Å². The number of benzene rings is 2. The maximum atomic E-state index is 12.4. The Morgan fingerprint density at radius 2 is 1.77 bits per heavy atom. The molecular formula is C23H23N3O4S. The van der Waals surface area contributed by atoms with Crippen LogP contribution in [0.1, 0.15) is 18.9 Å². The lowest BCUT2D eigenvalue weighted by Crippen LogP contribution is -2.14. The third-order valence-electron chi connectivity index (χ3n) is 4.12. The molecule has 0 aliphatic carbocycles. The van der Waals surface area contributed by atoms with Gasteiger partial charge in [-0.15, -0.1) is 0 Å². The third-order valence-corrected chi connectivity index (χ3v) is 5.49. The van der Waals surface area contributed by atoms with Gasteiger partial charge >= 0.3 is 0 Å². The molecule has 1 heterocycles. The number of amides is 1. The number of ether oxygens (including phenoxy) is 1. The van der Waals surface area contributed by atoms with Crippen molar-refractivity contribution in [2.75, 3.05) is 16.6 Å². The van der Waals surface area contributed by atoms with Gasteiger partial charge in [0.1, 0.15) is 11.6 Å². The number of nitrogens with zero attached hydrogens (tertiary/aromatic N) is 1. The molecule has 0 spiro atoms. The number of nitrogens with one attached hydrogen (secondary N) is 2. The van der Waals surface area contributed by atoms with Crippen molar-refractivity contribution >= 4 is 33.5 Å². The summed E-state index contributed by atoms with van der Waals surface area (Å²) in [6.45, 7) is 2.71. The van der Waals surface area contributed by atoms with E-state index >= 15 is 0 Å². The van der Waals surface area contributed by atoms with E-state index in [-0.39, 0.29) is 16.6 Å². The van der Waals surface area contributed by atoms with Crippen molar-refractivity contribution in [1.82, 2.24) is 4.98 Å². The summed E-state index contributed by atoms with van der Waals surface area (Å²) in [5, 5.41) is 2.70. The van der Waals surface area contributed by atoms with E-state index in [4.69, 9.17) is 4.74 Å². The zero-order valence-corrected chi connectivity index (χ0v) is 17.8. The minimum atomic E-state index is -3.76. The summed E-state index contributed by atoms with van der Waals surface area (Å²) >= 11 is 0. The standard InChI is InChI=1S/C23H23N3O4S/c1-2-17-30-20-11-6-18(7-12-20)8-15-23(27)25-19-9-13-21(14-10-19)31(28,29)26-22-5-3-4-16-24-22/h3-16H,2,17H2,1H3,(H,24,26)(H,25,27)/b15-8+. The summed E-state index contributed by atoms with van der Waals surface area (Å²) in [4.78, 5) is 16.2. The summed E-state index contributed by atoms with van der Waals surface area (Å²) in [5.74, 6) is 0.694. The van der Waals surface area contributed by atoms with Gasteiger partial charge in [-0.2, -0.15) is 0 Å². The average molecular weight is 438 g/mol. The summed E-state index contributed by atoms with van der Waals surface area (Å²) in [6, 6.07) is 18.3. The van der Waals surface area contributed by atoms with Gasteiger partial charge in [-0.05, 0) is 66.6 Å². The molecule has 3 rings (SSSR count).